The first-order valence-electron chi connectivity index (χ1n) is 18.4. The van der Waals surface area contributed by atoms with E-state index in [0.717, 1.165) is 84.5 Å². The molecule has 0 aliphatic carbocycles. The zero-order valence-electron chi connectivity index (χ0n) is 29.7. The van der Waals surface area contributed by atoms with Gasteiger partial charge in [0.1, 0.15) is 23.8 Å². The Labute approximate surface area is 307 Å². The van der Waals surface area contributed by atoms with Crippen LogP contribution in [0.25, 0.3) is 33.6 Å². The van der Waals surface area contributed by atoms with Crippen LogP contribution in [-0.2, 0) is 19.1 Å². The first kappa shape index (κ1) is 34.3. The Bertz CT molecular complexity index is 2050. The summed E-state index contributed by atoms with van der Waals surface area (Å²) in [5.41, 5.74) is 6.65. The van der Waals surface area contributed by atoms with Crippen molar-refractivity contribution in [1.82, 2.24) is 35.1 Å². The maximum absolute atomic E-state index is 13.9. The van der Waals surface area contributed by atoms with Gasteiger partial charge >= 0.3 is 6.09 Å². The van der Waals surface area contributed by atoms with Gasteiger partial charge in [0.25, 0.3) is 11.8 Å². The van der Waals surface area contributed by atoms with Crippen molar-refractivity contribution in [1.29, 1.82) is 0 Å². The van der Waals surface area contributed by atoms with E-state index in [4.69, 9.17) is 14.5 Å². The molecule has 3 aliphatic rings. The van der Waals surface area contributed by atoms with Gasteiger partial charge in [-0.3, -0.25) is 9.59 Å². The normalized spacial score (nSPS) is 20.4. The van der Waals surface area contributed by atoms with E-state index in [1.807, 2.05) is 47.6 Å². The third kappa shape index (κ3) is 7.06. The molecule has 0 bridgehead atoms. The quantitative estimate of drug-likeness (QED) is 0.154. The molecule has 3 N–H and O–H groups in total. The second-order valence-electron chi connectivity index (χ2n) is 13.9. The minimum Gasteiger partial charge on any atom is -0.453 e. The zero-order valence-corrected chi connectivity index (χ0v) is 29.7. The highest BCUT2D eigenvalue weighted by Gasteiger charge is 2.38. The van der Waals surface area contributed by atoms with E-state index in [2.05, 4.69) is 68.8 Å². The number of rotatable bonds is 9. The van der Waals surface area contributed by atoms with Crippen molar-refractivity contribution in [3.8, 4) is 33.6 Å². The van der Waals surface area contributed by atoms with E-state index < -0.39 is 12.1 Å². The molecule has 12 nitrogen and oxygen atoms in total. The number of nitrogens with zero attached hydrogens (tertiary/aromatic N) is 4. The average molecular weight is 714 g/mol. The number of carbonyl (C=O) groups excluding carboxylic acids is 3. The molecule has 0 radical (unpaired) electrons. The highest BCUT2D eigenvalue weighted by molar-refractivity contribution is 5.87. The maximum atomic E-state index is 13.9. The summed E-state index contributed by atoms with van der Waals surface area (Å²) in [5, 5.41) is 2.71. The van der Waals surface area contributed by atoms with Crippen molar-refractivity contribution < 1.29 is 23.9 Å². The van der Waals surface area contributed by atoms with Crippen LogP contribution in [0.3, 0.4) is 0 Å². The van der Waals surface area contributed by atoms with Crippen LogP contribution < -0.4 is 5.32 Å². The van der Waals surface area contributed by atoms with Crippen LogP contribution in [0.2, 0.25) is 0 Å². The molecule has 3 saturated heterocycles. The molecule has 3 amide bonds. The van der Waals surface area contributed by atoms with Crippen LogP contribution in [0, 0.1) is 0 Å². The number of hydrogen-bond acceptors (Lipinski definition) is 7. The van der Waals surface area contributed by atoms with Crippen LogP contribution >= 0.6 is 0 Å². The Morgan fingerprint density at radius 2 is 1.28 bits per heavy atom. The molecule has 5 heterocycles. The SMILES string of the molecule is COC(=O)N[C@@H](C(=O)N1CCC[C@H]1c1ncc(-c2ccc(-c3ccc(-c4cnc([C@@H]5CCCN5C(=O)[C@H]5CCCO5)[nH]4)cc3)cc2)[nH]1)c1ccccc1. The second kappa shape index (κ2) is 15.1. The van der Waals surface area contributed by atoms with Crippen LogP contribution in [0.1, 0.15) is 73.9 Å². The van der Waals surface area contributed by atoms with E-state index in [0.29, 0.717) is 24.5 Å². The molecule has 272 valence electrons. The average Bonchev–Trinajstić information content (AvgIpc) is 4.06. The van der Waals surface area contributed by atoms with Gasteiger partial charge in [-0.1, -0.05) is 78.9 Å². The molecule has 5 aromatic rings. The number of ether oxygens (including phenoxy) is 2. The molecule has 53 heavy (non-hydrogen) atoms. The number of likely N-dealkylation sites (tertiary alicyclic amines) is 2. The minimum atomic E-state index is -0.867. The Morgan fingerprint density at radius 3 is 1.83 bits per heavy atom. The number of amides is 3. The van der Waals surface area contributed by atoms with Crippen LogP contribution in [-0.4, -0.2) is 80.6 Å². The molecule has 3 aromatic carbocycles. The number of H-pyrrole nitrogens is 2. The van der Waals surface area contributed by atoms with Crippen molar-refractivity contribution in [2.24, 2.45) is 0 Å². The van der Waals surface area contributed by atoms with E-state index in [-0.39, 0.29) is 30.0 Å². The summed E-state index contributed by atoms with van der Waals surface area (Å²) < 4.78 is 10.5. The number of aromatic nitrogens is 4. The Hall–Kier alpha value is -5.75. The fraction of sp³-hybridized carbons (Fsp3) is 0.341. The molecule has 3 fully saturated rings. The first-order chi connectivity index (χ1) is 26.0. The fourth-order valence-electron chi connectivity index (χ4n) is 7.85. The Kier molecular flexibility index (Phi) is 9.77. The van der Waals surface area contributed by atoms with Gasteiger partial charge in [-0.25, -0.2) is 14.8 Å². The van der Waals surface area contributed by atoms with E-state index >= 15 is 0 Å². The predicted molar refractivity (Wildman–Crippen MR) is 198 cm³/mol. The lowest BCUT2D eigenvalue weighted by Crippen LogP contribution is -2.42. The second-order valence-corrected chi connectivity index (χ2v) is 13.9. The van der Waals surface area contributed by atoms with Crippen molar-refractivity contribution in [3.05, 3.63) is 108 Å². The van der Waals surface area contributed by atoms with E-state index in [9.17, 15) is 14.4 Å². The third-order valence-corrected chi connectivity index (χ3v) is 10.7. The highest BCUT2D eigenvalue weighted by atomic mass is 16.5. The summed E-state index contributed by atoms with van der Waals surface area (Å²) in [6.45, 7) is 1.96. The number of nitrogens with one attached hydrogen (secondary N) is 3. The van der Waals surface area contributed by atoms with Gasteiger partial charge in [-0.2, -0.15) is 0 Å². The van der Waals surface area contributed by atoms with Crippen molar-refractivity contribution in [2.75, 3.05) is 26.8 Å². The summed E-state index contributed by atoms with van der Waals surface area (Å²) in [7, 11) is 1.29. The van der Waals surface area contributed by atoms with E-state index in [1.165, 1.54) is 7.11 Å². The van der Waals surface area contributed by atoms with Crippen LogP contribution in [0.5, 0.6) is 0 Å². The van der Waals surface area contributed by atoms with Gasteiger partial charge in [0.05, 0.1) is 43.0 Å². The molecule has 0 spiro atoms. The number of aromatic amines is 2. The highest BCUT2D eigenvalue weighted by Crippen LogP contribution is 2.36. The van der Waals surface area contributed by atoms with Crippen LogP contribution in [0.4, 0.5) is 4.79 Å². The van der Waals surface area contributed by atoms with Gasteiger partial charge in [0.15, 0.2) is 0 Å². The third-order valence-electron chi connectivity index (χ3n) is 10.7. The molecule has 2 aromatic heterocycles. The lowest BCUT2D eigenvalue weighted by Gasteiger charge is -2.28. The smallest absolute Gasteiger partial charge is 0.407 e. The zero-order chi connectivity index (χ0) is 36.3. The molecule has 0 unspecified atom stereocenters. The van der Waals surface area contributed by atoms with Crippen LogP contribution in [0.15, 0.2) is 91.3 Å². The molecular formula is C41H43N7O5. The first-order valence-corrected chi connectivity index (χ1v) is 18.4. The maximum Gasteiger partial charge on any atom is 0.407 e. The van der Waals surface area contributed by atoms with Gasteiger partial charge in [0, 0.05) is 19.7 Å². The summed E-state index contributed by atoms with van der Waals surface area (Å²) in [5.74, 6) is 1.42. The summed E-state index contributed by atoms with van der Waals surface area (Å²) in [4.78, 5) is 59.2. The van der Waals surface area contributed by atoms with E-state index in [1.54, 1.807) is 4.90 Å². The topological polar surface area (TPSA) is 146 Å². The molecule has 3 aliphatic heterocycles. The standard InChI is InChI=1S/C41H43N7O5/c1-52-41(51)46-36(30-8-3-2-4-9-30)40(50)48-22-6-11-34(48)38-43-25-32(45-38)29-19-15-27(16-20-29)26-13-17-28(18-14-26)31-24-42-37(44-31)33-10-5-21-47(33)39(49)35-12-7-23-53-35/h2-4,8-9,13-20,24-25,33-36H,5-7,10-12,21-23H2,1H3,(H,42,44)(H,43,45)(H,46,51)/t33-,34-,35+,36+/m0/s1. The lowest BCUT2D eigenvalue weighted by atomic mass is 10.0. The van der Waals surface area contributed by atoms with Gasteiger partial charge in [-0.05, 0) is 66.3 Å². The number of methoxy groups -OCH3 is 1. The molecule has 8 rings (SSSR count). The van der Waals surface area contributed by atoms with Gasteiger partial charge in [-0.15, -0.1) is 0 Å². The number of imidazole rings is 2. The number of benzene rings is 3. The summed E-state index contributed by atoms with van der Waals surface area (Å²) in [6.07, 6.45) is 7.86. The summed E-state index contributed by atoms with van der Waals surface area (Å²) in [6, 6.07) is 24.7. The monoisotopic (exact) mass is 713 g/mol. The lowest BCUT2D eigenvalue weighted by molar-refractivity contribution is -0.142. The molecular weight excluding hydrogens is 670 g/mol. The fourth-order valence-corrected chi connectivity index (χ4v) is 7.85. The van der Waals surface area contributed by atoms with Crippen molar-refractivity contribution in [2.45, 2.75) is 62.8 Å². The number of alkyl carbamates (subject to hydrolysis) is 1. The number of carbonyl (C=O) groups is 3. The van der Waals surface area contributed by atoms with Crippen molar-refractivity contribution in [3.63, 3.8) is 0 Å². The summed E-state index contributed by atoms with van der Waals surface area (Å²) >= 11 is 0. The molecule has 12 heteroatoms. The largest absolute Gasteiger partial charge is 0.453 e. The number of hydrogen-bond donors (Lipinski definition) is 3. The van der Waals surface area contributed by atoms with Gasteiger partial charge < -0.3 is 34.6 Å². The minimum absolute atomic E-state index is 0.0499. The predicted octanol–water partition coefficient (Wildman–Crippen LogP) is 6.74. The Balaban J connectivity index is 0.929. The van der Waals surface area contributed by atoms with Gasteiger partial charge in [0.2, 0.25) is 0 Å². The van der Waals surface area contributed by atoms with Crippen molar-refractivity contribution >= 4 is 17.9 Å². The molecule has 4 atom stereocenters. The molecule has 0 saturated carbocycles. The Morgan fingerprint density at radius 1 is 0.736 bits per heavy atom.